The van der Waals surface area contributed by atoms with Crippen molar-refractivity contribution in [2.45, 2.75) is 45.3 Å². The molecule has 0 spiro atoms. The molecule has 4 heteroatoms. The smallest absolute Gasteiger partial charge is 0.153 e. The molecule has 1 aliphatic rings. The Balaban J connectivity index is 2.31. The highest BCUT2D eigenvalue weighted by Gasteiger charge is 2.28. The van der Waals surface area contributed by atoms with Crippen molar-refractivity contribution in [2.24, 2.45) is 0 Å². The van der Waals surface area contributed by atoms with E-state index in [0.717, 1.165) is 5.82 Å². The summed E-state index contributed by atoms with van der Waals surface area (Å²) < 4.78 is 1.88. The molecular formula is C9H15N3O. The first kappa shape index (κ1) is 8.69. The van der Waals surface area contributed by atoms with Crippen LogP contribution in [-0.4, -0.2) is 19.9 Å². The topological polar surface area (TPSA) is 50.9 Å². The summed E-state index contributed by atoms with van der Waals surface area (Å²) >= 11 is 0. The molecule has 1 saturated carbocycles. The fourth-order valence-corrected chi connectivity index (χ4v) is 1.34. The van der Waals surface area contributed by atoms with E-state index in [4.69, 9.17) is 5.11 Å². The van der Waals surface area contributed by atoms with Gasteiger partial charge >= 0.3 is 0 Å². The number of rotatable bonds is 3. The van der Waals surface area contributed by atoms with E-state index >= 15 is 0 Å². The van der Waals surface area contributed by atoms with Crippen LogP contribution >= 0.6 is 0 Å². The second-order valence-corrected chi connectivity index (χ2v) is 3.87. The van der Waals surface area contributed by atoms with Crippen LogP contribution < -0.4 is 0 Å². The summed E-state index contributed by atoms with van der Waals surface area (Å²) in [5.74, 6) is 1.90. The van der Waals surface area contributed by atoms with Crippen molar-refractivity contribution in [2.75, 3.05) is 0 Å². The van der Waals surface area contributed by atoms with Gasteiger partial charge in [0.15, 0.2) is 11.6 Å². The third-order valence-electron chi connectivity index (χ3n) is 2.27. The van der Waals surface area contributed by atoms with Gasteiger partial charge in [-0.05, 0) is 12.8 Å². The van der Waals surface area contributed by atoms with Gasteiger partial charge in [0.1, 0.15) is 6.61 Å². The lowest BCUT2D eigenvalue weighted by molar-refractivity contribution is 0.262. The van der Waals surface area contributed by atoms with Gasteiger partial charge in [0.25, 0.3) is 0 Å². The third kappa shape index (κ3) is 1.58. The quantitative estimate of drug-likeness (QED) is 0.763. The molecular weight excluding hydrogens is 166 g/mol. The molecule has 1 aliphatic carbocycles. The molecule has 2 rings (SSSR count). The van der Waals surface area contributed by atoms with Crippen LogP contribution in [-0.2, 0) is 6.61 Å². The van der Waals surface area contributed by atoms with E-state index in [1.54, 1.807) is 0 Å². The van der Waals surface area contributed by atoms with Gasteiger partial charge in [-0.2, -0.15) is 5.10 Å². The molecule has 1 fully saturated rings. The second kappa shape index (κ2) is 3.10. The zero-order valence-electron chi connectivity index (χ0n) is 8.06. The van der Waals surface area contributed by atoms with Crippen LogP contribution in [0.3, 0.4) is 0 Å². The maximum Gasteiger partial charge on any atom is 0.153 e. The fourth-order valence-electron chi connectivity index (χ4n) is 1.34. The minimum Gasteiger partial charge on any atom is -0.388 e. The van der Waals surface area contributed by atoms with E-state index in [-0.39, 0.29) is 6.61 Å². The molecule has 0 unspecified atom stereocenters. The summed E-state index contributed by atoms with van der Waals surface area (Å²) in [6.45, 7) is 4.12. The SMILES string of the molecule is CC(C)c1nc(CO)n(C2CC2)n1. The molecule has 0 saturated heterocycles. The lowest BCUT2D eigenvalue weighted by Crippen LogP contribution is -2.03. The molecule has 0 aromatic carbocycles. The van der Waals surface area contributed by atoms with Crippen molar-refractivity contribution in [1.82, 2.24) is 14.8 Å². The van der Waals surface area contributed by atoms with Crippen LogP contribution in [0.1, 0.15) is 50.3 Å². The molecule has 0 bridgehead atoms. The predicted molar refractivity (Wildman–Crippen MR) is 48.3 cm³/mol. The van der Waals surface area contributed by atoms with E-state index in [1.807, 2.05) is 4.68 Å². The van der Waals surface area contributed by atoms with Crippen molar-refractivity contribution in [3.05, 3.63) is 11.6 Å². The highest BCUT2D eigenvalue weighted by molar-refractivity contribution is 5.00. The van der Waals surface area contributed by atoms with E-state index in [2.05, 4.69) is 23.9 Å². The Hall–Kier alpha value is -0.900. The van der Waals surface area contributed by atoms with Crippen LogP contribution in [0.4, 0.5) is 0 Å². The first-order valence-electron chi connectivity index (χ1n) is 4.78. The van der Waals surface area contributed by atoms with Crippen molar-refractivity contribution >= 4 is 0 Å². The highest BCUT2D eigenvalue weighted by Crippen LogP contribution is 2.35. The largest absolute Gasteiger partial charge is 0.388 e. The third-order valence-corrected chi connectivity index (χ3v) is 2.27. The summed E-state index contributed by atoms with van der Waals surface area (Å²) in [7, 11) is 0. The first-order valence-corrected chi connectivity index (χ1v) is 4.78. The van der Waals surface area contributed by atoms with Gasteiger partial charge in [-0.15, -0.1) is 0 Å². The van der Waals surface area contributed by atoms with E-state index in [0.29, 0.717) is 17.8 Å². The summed E-state index contributed by atoms with van der Waals surface area (Å²) in [4.78, 5) is 4.29. The molecule has 1 N–H and O–H groups in total. The normalized spacial score (nSPS) is 16.9. The van der Waals surface area contributed by atoms with Gasteiger partial charge in [0.2, 0.25) is 0 Å². The van der Waals surface area contributed by atoms with Crippen LogP contribution in [0.15, 0.2) is 0 Å². The van der Waals surface area contributed by atoms with Crippen LogP contribution in [0.2, 0.25) is 0 Å². The van der Waals surface area contributed by atoms with Gasteiger partial charge in [-0.25, -0.2) is 9.67 Å². The van der Waals surface area contributed by atoms with E-state index in [1.165, 1.54) is 12.8 Å². The molecule has 0 atom stereocenters. The molecule has 0 amide bonds. The lowest BCUT2D eigenvalue weighted by atomic mass is 10.2. The zero-order chi connectivity index (χ0) is 9.42. The Bertz CT molecular complexity index is 302. The van der Waals surface area contributed by atoms with Gasteiger partial charge in [0, 0.05) is 5.92 Å². The second-order valence-electron chi connectivity index (χ2n) is 3.87. The molecule has 0 radical (unpaired) electrons. The van der Waals surface area contributed by atoms with Crippen LogP contribution in [0.5, 0.6) is 0 Å². The van der Waals surface area contributed by atoms with Crippen molar-refractivity contribution in [3.8, 4) is 0 Å². The molecule has 1 aromatic heterocycles. The Morgan fingerprint density at radius 2 is 2.23 bits per heavy atom. The maximum atomic E-state index is 9.07. The number of nitrogens with zero attached hydrogens (tertiary/aromatic N) is 3. The van der Waals surface area contributed by atoms with Crippen LogP contribution in [0, 0.1) is 0 Å². The maximum absolute atomic E-state index is 9.07. The standard InChI is InChI=1S/C9H15N3O/c1-6(2)9-10-8(5-13)12(11-9)7-3-4-7/h6-7,13H,3-5H2,1-2H3. The molecule has 1 aromatic rings. The highest BCUT2D eigenvalue weighted by atomic mass is 16.3. The van der Waals surface area contributed by atoms with Gasteiger partial charge in [-0.1, -0.05) is 13.8 Å². The van der Waals surface area contributed by atoms with Crippen molar-refractivity contribution < 1.29 is 5.11 Å². The van der Waals surface area contributed by atoms with Crippen LogP contribution in [0.25, 0.3) is 0 Å². The van der Waals surface area contributed by atoms with Gasteiger partial charge in [-0.3, -0.25) is 0 Å². The first-order chi connectivity index (χ1) is 6.22. The average Bonchev–Trinajstić information content (AvgIpc) is 2.84. The summed E-state index contributed by atoms with van der Waals surface area (Å²) in [5.41, 5.74) is 0. The lowest BCUT2D eigenvalue weighted by Gasteiger charge is -1.99. The minimum absolute atomic E-state index is 0.00375. The van der Waals surface area contributed by atoms with Crippen molar-refractivity contribution in [1.29, 1.82) is 0 Å². The molecule has 13 heavy (non-hydrogen) atoms. The summed E-state index contributed by atoms with van der Waals surface area (Å²) in [6.07, 6.45) is 2.35. The van der Waals surface area contributed by atoms with Crippen molar-refractivity contribution in [3.63, 3.8) is 0 Å². The molecule has 4 nitrogen and oxygen atoms in total. The van der Waals surface area contributed by atoms with Gasteiger partial charge < -0.3 is 5.11 Å². The number of aromatic nitrogens is 3. The average molecular weight is 181 g/mol. The Labute approximate surface area is 77.6 Å². The summed E-state index contributed by atoms with van der Waals surface area (Å²) in [6, 6.07) is 0.502. The summed E-state index contributed by atoms with van der Waals surface area (Å²) in [5, 5.41) is 13.5. The Morgan fingerprint density at radius 1 is 1.54 bits per heavy atom. The Morgan fingerprint density at radius 3 is 2.69 bits per heavy atom. The number of hydrogen-bond donors (Lipinski definition) is 1. The number of aliphatic hydroxyl groups is 1. The Kier molecular flexibility index (Phi) is 2.07. The minimum atomic E-state index is -0.00375. The van der Waals surface area contributed by atoms with E-state index < -0.39 is 0 Å². The molecule has 72 valence electrons. The van der Waals surface area contributed by atoms with Gasteiger partial charge in [0.05, 0.1) is 6.04 Å². The monoisotopic (exact) mass is 181 g/mol. The fraction of sp³-hybridized carbons (Fsp3) is 0.778. The number of aliphatic hydroxyl groups excluding tert-OH is 1. The number of hydrogen-bond acceptors (Lipinski definition) is 3. The van der Waals surface area contributed by atoms with E-state index in [9.17, 15) is 0 Å². The molecule has 0 aliphatic heterocycles. The molecule has 1 heterocycles. The zero-order valence-corrected chi connectivity index (χ0v) is 8.06. The predicted octanol–water partition coefficient (Wildman–Crippen LogP) is 1.23.